The predicted molar refractivity (Wildman–Crippen MR) is 139 cm³/mol. The molecule has 0 radical (unpaired) electrons. The zero-order valence-corrected chi connectivity index (χ0v) is 22.6. The van der Waals surface area contributed by atoms with Crippen LogP contribution in [0.1, 0.15) is 12.0 Å². The minimum absolute atomic E-state index is 0.0524. The zero-order valence-electron chi connectivity index (χ0n) is 19.4. The van der Waals surface area contributed by atoms with Crippen molar-refractivity contribution in [3.63, 3.8) is 0 Å². The molecule has 0 bridgehead atoms. The van der Waals surface area contributed by atoms with E-state index in [1.165, 1.54) is 48.5 Å². The van der Waals surface area contributed by atoms with E-state index >= 15 is 0 Å². The van der Waals surface area contributed by atoms with Gasteiger partial charge in [0.05, 0.1) is 22.0 Å². The molecule has 38 heavy (non-hydrogen) atoms. The van der Waals surface area contributed by atoms with Crippen LogP contribution in [0.3, 0.4) is 0 Å². The molecule has 0 saturated carbocycles. The van der Waals surface area contributed by atoms with Crippen molar-refractivity contribution >= 4 is 60.8 Å². The van der Waals surface area contributed by atoms with E-state index in [1.807, 2.05) is 0 Å². The minimum Gasteiger partial charge on any atom is -0.274 e. The van der Waals surface area contributed by atoms with E-state index in [1.54, 1.807) is 0 Å². The largest absolute Gasteiger partial charge is 0.274 e. The van der Waals surface area contributed by atoms with E-state index in [-0.39, 0.29) is 38.5 Å². The van der Waals surface area contributed by atoms with Gasteiger partial charge in [0, 0.05) is 11.6 Å². The number of carbonyl (C=O) groups is 2. The van der Waals surface area contributed by atoms with Crippen molar-refractivity contribution in [2.45, 2.75) is 28.7 Å². The second kappa shape index (κ2) is 10.7. The molecule has 200 valence electrons. The lowest BCUT2D eigenvalue weighted by atomic mass is 10.1. The number of imide groups is 1. The molecule has 1 unspecified atom stereocenters. The summed E-state index contributed by atoms with van der Waals surface area (Å²) in [6.45, 7) is -0.263. The van der Waals surface area contributed by atoms with Gasteiger partial charge in [0.15, 0.2) is 0 Å². The van der Waals surface area contributed by atoms with Crippen LogP contribution in [-0.4, -0.2) is 45.5 Å². The van der Waals surface area contributed by atoms with Gasteiger partial charge in [0.25, 0.3) is 5.91 Å². The Labute approximate surface area is 228 Å². The highest BCUT2D eigenvalue weighted by molar-refractivity contribution is 7.89. The summed E-state index contributed by atoms with van der Waals surface area (Å²) in [6, 6.07) is 12.5. The van der Waals surface area contributed by atoms with E-state index in [2.05, 4.69) is 0 Å². The van der Waals surface area contributed by atoms with Crippen LogP contribution < -0.4 is 10.0 Å². The van der Waals surface area contributed by atoms with Gasteiger partial charge in [-0.2, -0.15) is 4.31 Å². The molecule has 2 N–H and O–H groups in total. The Hall–Kier alpha value is -2.87. The highest BCUT2D eigenvalue weighted by atomic mass is 35.5. The smallest absolute Gasteiger partial charge is 0.252 e. The molecular formula is C24H20Cl2FN3O6S2. The first-order valence-electron chi connectivity index (χ1n) is 11.0. The molecule has 0 aromatic heterocycles. The van der Waals surface area contributed by atoms with Crippen LogP contribution in [-0.2, 0) is 36.1 Å². The molecule has 14 heteroatoms. The third kappa shape index (κ3) is 5.75. The molecule has 4 rings (SSSR count). The number of nitrogens with two attached hydrogens (primary N) is 1. The van der Waals surface area contributed by atoms with Crippen molar-refractivity contribution in [1.29, 1.82) is 0 Å². The van der Waals surface area contributed by atoms with Crippen molar-refractivity contribution < 1.29 is 30.8 Å². The number of hydrogen-bond acceptors (Lipinski definition) is 6. The maximum absolute atomic E-state index is 13.8. The Morgan fingerprint density at radius 3 is 2.18 bits per heavy atom. The number of primary sulfonamides is 1. The molecule has 9 nitrogen and oxygen atoms in total. The molecule has 1 heterocycles. The zero-order chi connectivity index (χ0) is 27.8. The normalized spacial score (nSPS) is 16.4. The van der Waals surface area contributed by atoms with E-state index in [0.717, 1.165) is 27.4 Å². The fourth-order valence-corrected chi connectivity index (χ4v) is 6.87. The maximum Gasteiger partial charge on any atom is 0.252 e. The van der Waals surface area contributed by atoms with Gasteiger partial charge in [-0.25, -0.2) is 31.3 Å². The van der Waals surface area contributed by atoms with Crippen LogP contribution in [0.5, 0.6) is 0 Å². The minimum atomic E-state index is -4.47. The monoisotopic (exact) mass is 599 g/mol. The summed E-state index contributed by atoms with van der Waals surface area (Å²) >= 11 is 12.2. The number of halogens is 3. The SMILES string of the molecule is NS(=O)(=O)c1ccc(CCN(C2CC(=O)N(c3ccc(F)cc3)C2=O)S(=O)(=O)c2cc(Cl)ccc2Cl)cc1. The van der Waals surface area contributed by atoms with Crippen molar-refractivity contribution in [3.8, 4) is 0 Å². The van der Waals surface area contributed by atoms with Crippen molar-refractivity contribution in [1.82, 2.24) is 4.31 Å². The lowest BCUT2D eigenvalue weighted by molar-refractivity contribution is -0.122. The number of amides is 2. The Balaban J connectivity index is 1.71. The van der Waals surface area contributed by atoms with Gasteiger partial charge < -0.3 is 0 Å². The first-order chi connectivity index (χ1) is 17.8. The highest BCUT2D eigenvalue weighted by Gasteiger charge is 2.47. The van der Waals surface area contributed by atoms with Crippen molar-refractivity contribution in [2.75, 3.05) is 11.4 Å². The van der Waals surface area contributed by atoms with Gasteiger partial charge in [-0.1, -0.05) is 35.3 Å². The standard InChI is InChI=1S/C24H20Cl2FN3O6S2/c25-16-3-10-20(26)22(13-16)38(35,36)29(12-11-15-1-8-19(9-2-15)37(28,33)34)21-14-23(31)30(24(21)32)18-6-4-17(27)5-7-18/h1-10,13,21H,11-12,14H2,(H2,28,33,34). The van der Waals surface area contributed by atoms with Crippen LogP contribution >= 0.6 is 23.2 Å². The Morgan fingerprint density at radius 1 is 0.947 bits per heavy atom. The average Bonchev–Trinajstić information content (AvgIpc) is 3.14. The Kier molecular flexibility index (Phi) is 7.94. The fraction of sp³-hybridized carbons (Fsp3) is 0.167. The number of anilines is 1. The molecule has 0 aliphatic carbocycles. The van der Waals surface area contributed by atoms with E-state index in [4.69, 9.17) is 28.3 Å². The van der Waals surface area contributed by atoms with Crippen LogP contribution in [0.25, 0.3) is 0 Å². The van der Waals surface area contributed by atoms with Crippen molar-refractivity contribution in [2.24, 2.45) is 5.14 Å². The van der Waals surface area contributed by atoms with Crippen LogP contribution in [0.2, 0.25) is 10.0 Å². The first kappa shape index (κ1) is 28.1. The topological polar surface area (TPSA) is 135 Å². The first-order valence-corrected chi connectivity index (χ1v) is 14.7. The van der Waals surface area contributed by atoms with Gasteiger partial charge in [-0.15, -0.1) is 0 Å². The molecule has 3 aromatic carbocycles. The fourth-order valence-electron chi connectivity index (χ4n) is 4.03. The highest BCUT2D eigenvalue weighted by Crippen LogP contribution is 2.33. The molecule has 1 atom stereocenters. The van der Waals surface area contributed by atoms with Crippen LogP contribution in [0.4, 0.5) is 10.1 Å². The predicted octanol–water partition coefficient (Wildman–Crippen LogP) is 3.35. The summed E-state index contributed by atoms with van der Waals surface area (Å²) in [6.07, 6.45) is -0.408. The summed E-state index contributed by atoms with van der Waals surface area (Å²) in [4.78, 5) is 26.6. The molecule has 2 amide bonds. The third-order valence-corrected chi connectivity index (χ3v) is 9.46. The summed E-state index contributed by atoms with van der Waals surface area (Å²) in [7, 11) is -8.39. The average molecular weight is 600 g/mol. The van der Waals surface area contributed by atoms with Gasteiger partial charge >= 0.3 is 0 Å². The second-order valence-electron chi connectivity index (χ2n) is 8.39. The molecule has 3 aromatic rings. The second-order valence-corrected chi connectivity index (χ2v) is 12.7. The van der Waals surface area contributed by atoms with Crippen LogP contribution in [0, 0.1) is 5.82 Å². The third-order valence-electron chi connectivity index (χ3n) is 5.91. The van der Waals surface area contributed by atoms with Gasteiger partial charge in [0.1, 0.15) is 16.8 Å². The van der Waals surface area contributed by atoms with Crippen molar-refractivity contribution in [3.05, 3.63) is 88.2 Å². The van der Waals surface area contributed by atoms with Crippen LogP contribution in [0.15, 0.2) is 76.5 Å². The summed E-state index contributed by atoms with van der Waals surface area (Å²) in [5.41, 5.74) is 0.641. The summed E-state index contributed by atoms with van der Waals surface area (Å²) < 4.78 is 64.9. The Morgan fingerprint density at radius 2 is 1.58 bits per heavy atom. The van der Waals surface area contributed by atoms with E-state index < -0.39 is 50.1 Å². The van der Waals surface area contributed by atoms with E-state index in [9.17, 15) is 30.8 Å². The number of hydrogen-bond donors (Lipinski definition) is 1. The number of rotatable bonds is 8. The molecule has 1 saturated heterocycles. The quantitative estimate of drug-likeness (QED) is 0.394. The number of sulfonamides is 2. The molecule has 0 spiro atoms. The summed E-state index contributed by atoms with van der Waals surface area (Å²) in [5.74, 6) is -2.05. The number of carbonyl (C=O) groups excluding carboxylic acids is 2. The van der Waals surface area contributed by atoms with Gasteiger partial charge in [-0.3, -0.25) is 9.59 Å². The lowest BCUT2D eigenvalue weighted by Gasteiger charge is -2.27. The summed E-state index contributed by atoms with van der Waals surface area (Å²) in [5, 5.41) is 5.08. The van der Waals surface area contributed by atoms with Gasteiger partial charge in [0.2, 0.25) is 26.0 Å². The number of nitrogens with zero attached hydrogens (tertiary/aromatic N) is 2. The lowest BCUT2D eigenvalue weighted by Crippen LogP contribution is -2.46. The number of benzene rings is 3. The van der Waals surface area contributed by atoms with Gasteiger partial charge in [-0.05, 0) is 66.6 Å². The molecular weight excluding hydrogens is 580 g/mol. The Bertz CT molecular complexity index is 1620. The maximum atomic E-state index is 13.8. The molecule has 1 aliphatic rings. The molecule has 1 aliphatic heterocycles. The molecule has 1 fully saturated rings. The van der Waals surface area contributed by atoms with E-state index in [0.29, 0.717) is 5.56 Å².